The number of anilines is 1. The zero-order valence-electron chi connectivity index (χ0n) is 13.9. The number of hydrogen-bond donors (Lipinski definition) is 1. The van der Waals surface area contributed by atoms with Crippen LogP contribution in [0.2, 0.25) is 5.02 Å². The number of rotatable bonds is 5. The topological polar surface area (TPSA) is 58.6 Å². The summed E-state index contributed by atoms with van der Waals surface area (Å²) in [5.74, 6) is 0.0366. The molecule has 0 aliphatic carbocycles. The summed E-state index contributed by atoms with van der Waals surface area (Å²) in [5.41, 5.74) is 1.60. The lowest BCUT2D eigenvalue weighted by molar-refractivity contribution is -0.128. The molecule has 1 aliphatic heterocycles. The van der Waals surface area contributed by atoms with Gasteiger partial charge in [0.15, 0.2) is 0 Å². The molecular formula is C19H19ClN2O3. The van der Waals surface area contributed by atoms with E-state index in [0.717, 1.165) is 5.56 Å². The SMILES string of the molecule is COc1ccccc1NC(=O)C1CC(=O)N(Cc2ccc(Cl)cc2)C1. The van der Waals surface area contributed by atoms with E-state index in [-0.39, 0.29) is 24.2 Å². The summed E-state index contributed by atoms with van der Waals surface area (Å²) < 4.78 is 5.24. The third kappa shape index (κ3) is 4.12. The highest BCUT2D eigenvalue weighted by molar-refractivity contribution is 6.30. The number of benzene rings is 2. The first-order valence-corrected chi connectivity index (χ1v) is 8.40. The molecule has 2 aromatic carbocycles. The quantitative estimate of drug-likeness (QED) is 0.891. The first-order chi connectivity index (χ1) is 12.1. The summed E-state index contributed by atoms with van der Waals surface area (Å²) in [4.78, 5) is 26.4. The van der Waals surface area contributed by atoms with Crippen molar-refractivity contribution in [2.75, 3.05) is 19.0 Å². The van der Waals surface area contributed by atoms with Gasteiger partial charge in [0.05, 0.1) is 18.7 Å². The first kappa shape index (κ1) is 17.3. The second-order valence-corrected chi connectivity index (χ2v) is 6.43. The fourth-order valence-electron chi connectivity index (χ4n) is 2.89. The Bertz CT molecular complexity index is 776. The summed E-state index contributed by atoms with van der Waals surface area (Å²) in [6, 6.07) is 14.6. The van der Waals surface area contributed by atoms with Crippen LogP contribution in [0.1, 0.15) is 12.0 Å². The van der Waals surface area contributed by atoms with Gasteiger partial charge in [0, 0.05) is 24.5 Å². The van der Waals surface area contributed by atoms with E-state index in [1.165, 1.54) is 0 Å². The van der Waals surface area contributed by atoms with Gasteiger partial charge in [0.25, 0.3) is 0 Å². The average molecular weight is 359 g/mol. The Morgan fingerprint density at radius 1 is 1.24 bits per heavy atom. The van der Waals surface area contributed by atoms with Gasteiger partial charge in [-0.2, -0.15) is 0 Å². The van der Waals surface area contributed by atoms with Crippen LogP contribution in [0.3, 0.4) is 0 Å². The molecule has 2 amide bonds. The Kier molecular flexibility index (Phi) is 5.24. The number of hydrogen-bond acceptors (Lipinski definition) is 3. The van der Waals surface area contributed by atoms with Crippen LogP contribution in [0.15, 0.2) is 48.5 Å². The fraction of sp³-hybridized carbons (Fsp3) is 0.263. The molecule has 1 unspecified atom stereocenters. The standard InChI is InChI=1S/C19H19ClN2O3/c1-25-17-5-3-2-4-16(17)21-19(24)14-10-18(23)22(12-14)11-13-6-8-15(20)9-7-13/h2-9,14H,10-12H2,1H3,(H,21,24). The van der Waals surface area contributed by atoms with Gasteiger partial charge in [0.1, 0.15) is 5.75 Å². The van der Waals surface area contributed by atoms with Crippen LogP contribution in [0, 0.1) is 5.92 Å². The largest absolute Gasteiger partial charge is 0.495 e. The van der Waals surface area contributed by atoms with Gasteiger partial charge in [-0.05, 0) is 29.8 Å². The molecule has 0 saturated carbocycles. The molecule has 0 aromatic heterocycles. The molecule has 0 spiro atoms. The van der Waals surface area contributed by atoms with Crippen LogP contribution in [-0.2, 0) is 16.1 Å². The maximum absolute atomic E-state index is 12.5. The lowest BCUT2D eigenvalue weighted by Crippen LogP contribution is -2.28. The molecule has 0 radical (unpaired) electrons. The van der Waals surface area contributed by atoms with Crippen molar-refractivity contribution < 1.29 is 14.3 Å². The monoisotopic (exact) mass is 358 g/mol. The van der Waals surface area contributed by atoms with E-state index in [9.17, 15) is 9.59 Å². The number of ether oxygens (including phenoxy) is 1. The fourth-order valence-corrected chi connectivity index (χ4v) is 3.02. The van der Waals surface area contributed by atoms with Crippen molar-refractivity contribution in [1.29, 1.82) is 0 Å². The molecule has 1 fully saturated rings. The van der Waals surface area contributed by atoms with Crippen molar-refractivity contribution >= 4 is 29.1 Å². The molecule has 0 bridgehead atoms. The smallest absolute Gasteiger partial charge is 0.229 e. The molecule has 5 nitrogen and oxygen atoms in total. The average Bonchev–Trinajstić information content (AvgIpc) is 2.98. The maximum atomic E-state index is 12.5. The highest BCUT2D eigenvalue weighted by Crippen LogP contribution is 2.26. The number of carbonyl (C=O) groups excluding carboxylic acids is 2. The molecule has 1 N–H and O–H groups in total. The van der Waals surface area contributed by atoms with Crippen LogP contribution < -0.4 is 10.1 Å². The van der Waals surface area contributed by atoms with Crippen molar-refractivity contribution in [3.63, 3.8) is 0 Å². The minimum absolute atomic E-state index is 0.0184. The number of nitrogens with zero attached hydrogens (tertiary/aromatic N) is 1. The van der Waals surface area contributed by atoms with Crippen molar-refractivity contribution in [1.82, 2.24) is 4.90 Å². The Morgan fingerprint density at radius 3 is 2.68 bits per heavy atom. The molecule has 1 aliphatic rings. The predicted octanol–water partition coefficient (Wildman–Crippen LogP) is 3.34. The van der Waals surface area contributed by atoms with E-state index >= 15 is 0 Å². The maximum Gasteiger partial charge on any atom is 0.229 e. The minimum Gasteiger partial charge on any atom is -0.495 e. The summed E-state index contributed by atoms with van der Waals surface area (Å²) in [6.07, 6.45) is 0.217. The van der Waals surface area contributed by atoms with Gasteiger partial charge in [-0.25, -0.2) is 0 Å². The molecular weight excluding hydrogens is 340 g/mol. The van der Waals surface area contributed by atoms with E-state index in [2.05, 4.69) is 5.32 Å². The first-order valence-electron chi connectivity index (χ1n) is 8.03. The summed E-state index contributed by atoms with van der Waals surface area (Å²) in [5, 5.41) is 3.51. The minimum atomic E-state index is -0.371. The number of amides is 2. The van der Waals surface area contributed by atoms with Crippen LogP contribution in [0.4, 0.5) is 5.69 Å². The molecule has 2 aromatic rings. The molecule has 1 atom stereocenters. The van der Waals surface area contributed by atoms with E-state index in [1.807, 2.05) is 24.3 Å². The molecule has 3 rings (SSSR count). The number of para-hydroxylation sites is 2. The third-order valence-electron chi connectivity index (χ3n) is 4.24. The van der Waals surface area contributed by atoms with Gasteiger partial charge in [0.2, 0.25) is 11.8 Å². The van der Waals surface area contributed by atoms with Crippen LogP contribution in [-0.4, -0.2) is 30.4 Å². The van der Waals surface area contributed by atoms with E-state index in [1.54, 1.807) is 36.3 Å². The normalized spacial score (nSPS) is 16.8. The van der Waals surface area contributed by atoms with E-state index in [4.69, 9.17) is 16.3 Å². The van der Waals surface area contributed by atoms with Crippen LogP contribution >= 0.6 is 11.6 Å². The van der Waals surface area contributed by atoms with Gasteiger partial charge >= 0.3 is 0 Å². The second kappa shape index (κ2) is 7.57. The van der Waals surface area contributed by atoms with Gasteiger partial charge in [-0.1, -0.05) is 35.9 Å². The Hall–Kier alpha value is -2.53. The number of halogens is 1. The number of likely N-dealkylation sites (tertiary alicyclic amines) is 1. The highest BCUT2D eigenvalue weighted by atomic mass is 35.5. The zero-order chi connectivity index (χ0) is 17.8. The zero-order valence-corrected chi connectivity index (χ0v) is 14.6. The number of carbonyl (C=O) groups is 2. The van der Waals surface area contributed by atoms with Crippen LogP contribution in [0.5, 0.6) is 5.75 Å². The van der Waals surface area contributed by atoms with Crippen molar-refractivity contribution in [3.05, 3.63) is 59.1 Å². The Labute approximate surface area is 151 Å². The lowest BCUT2D eigenvalue weighted by Gasteiger charge is -2.17. The highest BCUT2D eigenvalue weighted by Gasteiger charge is 2.34. The third-order valence-corrected chi connectivity index (χ3v) is 4.49. The Balaban J connectivity index is 1.63. The second-order valence-electron chi connectivity index (χ2n) is 5.99. The molecule has 130 valence electrons. The van der Waals surface area contributed by atoms with E-state index < -0.39 is 0 Å². The summed E-state index contributed by atoms with van der Waals surface area (Å²) in [6.45, 7) is 0.886. The predicted molar refractivity (Wildman–Crippen MR) is 96.6 cm³/mol. The molecule has 1 heterocycles. The van der Waals surface area contributed by atoms with E-state index in [0.29, 0.717) is 29.5 Å². The molecule has 1 saturated heterocycles. The molecule has 25 heavy (non-hydrogen) atoms. The summed E-state index contributed by atoms with van der Waals surface area (Å²) >= 11 is 5.88. The number of nitrogens with one attached hydrogen (secondary N) is 1. The van der Waals surface area contributed by atoms with Crippen molar-refractivity contribution in [2.24, 2.45) is 5.92 Å². The summed E-state index contributed by atoms with van der Waals surface area (Å²) in [7, 11) is 1.55. The lowest BCUT2D eigenvalue weighted by atomic mass is 10.1. The number of methoxy groups -OCH3 is 1. The Morgan fingerprint density at radius 2 is 1.96 bits per heavy atom. The van der Waals surface area contributed by atoms with Gasteiger partial charge < -0.3 is 15.0 Å². The van der Waals surface area contributed by atoms with Gasteiger partial charge in [-0.3, -0.25) is 9.59 Å². The molecule has 6 heteroatoms. The van der Waals surface area contributed by atoms with Gasteiger partial charge in [-0.15, -0.1) is 0 Å². The van der Waals surface area contributed by atoms with Crippen LogP contribution in [0.25, 0.3) is 0 Å². The van der Waals surface area contributed by atoms with Crippen molar-refractivity contribution in [2.45, 2.75) is 13.0 Å². The van der Waals surface area contributed by atoms with Crippen molar-refractivity contribution in [3.8, 4) is 5.75 Å².